The maximum absolute atomic E-state index is 11.9. The molecule has 2 aromatic carbocycles. The molecular weight excluding hydrogens is 872 g/mol. The zero-order valence-electron chi connectivity index (χ0n) is 40.1. The molecule has 0 radical (unpaired) electrons. The van der Waals surface area contributed by atoms with E-state index in [1.807, 2.05) is 107 Å². The van der Waals surface area contributed by atoms with E-state index in [-0.39, 0.29) is 0 Å². The molecule has 5 N–H and O–H groups in total. The Morgan fingerprint density at radius 3 is 1.64 bits per heavy atom. The van der Waals surface area contributed by atoms with Crippen molar-refractivity contribution in [2.24, 2.45) is 0 Å². The number of nitrogens with two attached hydrogens (primary N) is 1. The molecule has 2 aliphatic rings. The van der Waals surface area contributed by atoms with Crippen LogP contribution < -0.4 is 21.7 Å². The Hall–Kier alpha value is -6.63. The van der Waals surface area contributed by atoms with E-state index in [0.29, 0.717) is 29.9 Å². The number of anilines is 3. The summed E-state index contributed by atoms with van der Waals surface area (Å²) in [6, 6.07) is 19.6. The van der Waals surface area contributed by atoms with Crippen LogP contribution in [0.3, 0.4) is 0 Å². The number of ether oxygens (including phenoxy) is 2. The maximum Gasteiger partial charge on any atom is 0.407 e. The summed E-state index contributed by atoms with van der Waals surface area (Å²) in [5, 5.41) is 18.1. The van der Waals surface area contributed by atoms with Gasteiger partial charge in [0.15, 0.2) is 5.82 Å². The van der Waals surface area contributed by atoms with Crippen LogP contribution in [0.15, 0.2) is 73.3 Å². The van der Waals surface area contributed by atoms with Crippen molar-refractivity contribution in [1.29, 1.82) is 0 Å². The van der Waals surface area contributed by atoms with E-state index in [1.54, 1.807) is 12.4 Å². The van der Waals surface area contributed by atoms with Gasteiger partial charge in [-0.15, -0.1) is 0 Å². The van der Waals surface area contributed by atoms with Crippen LogP contribution in [0.25, 0.3) is 22.5 Å². The largest absolute Gasteiger partial charge is 0.444 e. The van der Waals surface area contributed by atoms with Crippen molar-refractivity contribution >= 4 is 41.2 Å². The number of amides is 2. The molecule has 0 bridgehead atoms. The summed E-state index contributed by atoms with van der Waals surface area (Å²) in [6.45, 7) is 21.6. The molecule has 0 fully saturated rings. The van der Waals surface area contributed by atoms with Crippen LogP contribution >= 0.6 is 11.6 Å². The van der Waals surface area contributed by atoms with Gasteiger partial charge in [-0.1, -0.05) is 35.9 Å². The molecule has 4 aromatic heterocycles. The van der Waals surface area contributed by atoms with Crippen molar-refractivity contribution in [1.82, 2.24) is 59.9 Å². The van der Waals surface area contributed by atoms with Crippen molar-refractivity contribution in [2.75, 3.05) is 38.2 Å². The number of carbonyl (C=O) groups is 2. The number of likely N-dealkylation sites (N-methyl/N-ethyl adjacent to an activating group) is 2. The fourth-order valence-electron chi connectivity index (χ4n) is 7.15. The van der Waals surface area contributed by atoms with E-state index < -0.39 is 23.4 Å². The minimum absolute atomic E-state index is 0.401. The fourth-order valence-corrected chi connectivity index (χ4v) is 7.30. The van der Waals surface area contributed by atoms with Crippen molar-refractivity contribution in [3.8, 4) is 22.5 Å². The number of hydrogen-bond acceptors (Lipinski definition) is 14. The average molecular weight is 936 g/mol. The van der Waals surface area contributed by atoms with E-state index in [1.165, 1.54) is 17.7 Å². The van der Waals surface area contributed by atoms with Gasteiger partial charge in [0.05, 0.1) is 35.9 Å². The van der Waals surface area contributed by atoms with Gasteiger partial charge in [0, 0.05) is 74.7 Å². The van der Waals surface area contributed by atoms with Crippen LogP contribution in [-0.2, 0) is 48.7 Å². The van der Waals surface area contributed by atoms with Gasteiger partial charge in [-0.05, 0) is 104 Å². The lowest BCUT2D eigenvalue weighted by molar-refractivity contribution is 0.0512. The lowest BCUT2D eigenvalue weighted by Crippen LogP contribution is -2.32. The minimum Gasteiger partial charge on any atom is -0.444 e. The predicted octanol–water partition coefficient (Wildman–Crippen LogP) is 7.90. The first-order chi connectivity index (χ1) is 31.7. The van der Waals surface area contributed by atoms with Crippen LogP contribution in [0.1, 0.15) is 75.2 Å². The van der Waals surface area contributed by atoms with Crippen LogP contribution in [0.4, 0.5) is 27.0 Å². The Morgan fingerprint density at radius 1 is 0.642 bits per heavy atom. The Labute approximate surface area is 397 Å². The zero-order valence-corrected chi connectivity index (χ0v) is 40.9. The molecule has 18 nitrogen and oxygen atoms in total. The average Bonchev–Trinajstić information content (AvgIpc) is 3.82. The molecule has 2 aliphatic heterocycles. The van der Waals surface area contributed by atoms with Crippen molar-refractivity contribution in [3.05, 3.63) is 112 Å². The molecule has 2 amide bonds. The third kappa shape index (κ3) is 15.2. The van der Waals surface area contributed by atoms with E-state index in [4.69, 9.17) is 26.8 Å². The van der Waals surface area contributed by atoms with Gasteiger partial charge < -0.3 is 31.2 Å². The van der Waals surface area contributed by atoms with E-state index >= 15 is 0 Å². The summed E-state index contributed by atoms with van der Waals surface area (Å²) in [5.74, 6) is 2.11. The summed E-state index contributed by atoms with van der Waals surface area (Å²) in [6.07, 6.45) is 2.13. The number of halogens is 1. The highest BCUT2D eigenvalue weighted by Gasteiger charge is 2.19. The molecule has 356 valence electrons. The first-order valence-corrected chi connectivity index (χ1v) is 22.5. The normalized spacial score (nSPS) is 13.7. The summed E-state index contributed by atoms with van der Waals surface area (Å²) in [7, 11) is 4.22. The topological polar surface area (TPSA) is 208 Å². The van der Waals surface area contributed by atoms with Crippen LogP contribution in [0.5, 0.6) is 0 Å². The summed E-state index contributed by atoms with van der Waals surface area (Å²) >= 11 is 5.89. The first-order valence-electron chi connectivity index (χ1n) is 22.1. The fraction of sp³-hybridized carbons (Fsp3) is 0.417. The molecule has 0 saturated carbocycles. The lowest BCUT2D eigenvalue weighted by atomic mass is 10.0. The van der Waals surface area contributed by atoms with Gasteiger partial charge in [-0.25, -0.2) is 29.5 Å². The van der Waals surface area contributed by atoms with Crippen molar-refractivity contribution < 1.29 is 19.1 Å². The number of nitrogens with zero attached hydrogens (tertiary/aromatic N) is 10. The summed E-state index contributed by atoms with van der Waals surface area (Å²) < 4.78 is 14.5. The van der Waals surface area contributed by atoms with Gasteiger partial charge >= 0.3 is 12.2 Å². The molecule has 0 aliphatic carbocycles. The standard InChI is InChI=1S/C24H31N7O2.C17H20ClN3O2.C7H12N4/c1-16-10-17(6-7-18(16)13-25-23(32)33-24(2,3)4)20-12-21(27-15-26-20)28-22-11-19-14-30(5)8-9-31(19)29-22;1-11-7-12(14-8-15(18)21-10-20-14)5-6-13(11)9-19-16(22)23-17(2,3)4;1-10-2-3-11-6(5-10)4-7(8)9-11/h6-7,10-12,15H,8-9,13-14H2,1-5H3,(H,25,32)(H,26,27,28,29);5-8,10H,9H2,1-4H3,(H,19,22);4H,2-3,5H2,1H3,(H2,8,9). The molecule has 67 heavy (non-hydrogen) atoms. The number of fused-ring (bicyclic) bond motifs is 2. The van der Waals surface area contributed by atoms with Crippen LogP contribution in [0.2, 0.25) is 5.15 Å². The van der Waals surface area contributed by atoms with Gasteiger partial charge in [0.1, 0.15) is 40.6 Å². The highest BCUT2D eigenvalue weighted by Crippen LogP contribution is 2.25. The molecule has 6 heterocycles. The smallest absolute Gasteiger partial charge is 0.407 e. The number of nitrogens with one attached hydrogen (secondary N) is 3. The molecule has 0 unspecified atom stereocenters. The second-order valence-corrected chi connectivity index (χ2v) is 19.0. The number of carbonyl (C=O) groups excluding carboxylic acids is 2. The molecule has 0 atom stereocenters. The zero-order chi connectivity index (χ0) is 48.5. The first kappa shape index (κ1) is 49.8. The Morgan fingerprint density at radius 2 is 1.13 bits per heavy atom. The number of benzene rings is 2. The summed E-state index contributed by atoms with van der Waals surface area (Å²) in [4.78, 5) is 45.1. The second-order valence-electron chi connectivity index (χ2n) is 18.6. The maximum atomic E-state index is 11.9. The number of rotatable bonds is 8. The van der Waals surface area contributed by atoms with Gasteiger partial charge in [0.2, 0.25) is 0 Å². The third-order valence-electron chi connectivity index (χ3n) is 10.5. The molecule has 8 rings (SSSR count). The van der Waals surface area contributed by atoms with E-state index in [0.717, 1.165) is 89.9 Å². The molecular formula is C48H63ClN14O4. The number of hydrogen-bond donors (Lipinski definition) is 4. The highest BCUT2D eigenvalue weighted by atomic mass is 35.5. The number of aromatic nitrogens is 8. The second kappa shape index (κ2) is 21.8. The van der Waals surface area contributed by atoms with E-state index in [9.17, 15) is 9.59 Å². The minimum atomic E-state index is -0.520. The van der Waals surface area contributed by atoms with Crippen LogP contribution in [0, 0.1) is 13.8 Å². The SMILES string of the molecule is CN1CCn2nc(N)cc2C1.Cc1cc(-c2cc(Cl)ncn2)ccc1CNC(=O)OC(C)(C)C.Cc1cc(-c2cc(Nc3cc4n(n3)CCN(C)C4)ncn2)ccc1CNC(=O)OC(C)(C)C. The van der Waals surface area contributed by atoms with Gasteiger partial charge in [-0.2, -0.15) is 10.2 Å². The quantitative estimate of drug-likeness (QED) is 0.107. The van der Waals surface area contributed by atoms with E-state index in [2.05, 4.69) is 82.1 Å². The molecule has 6 aromatic rings. The predicted molar refractivity (Wildman–Crippen MR) is 260 cm³/mol. The third-order valence-corrected chi connectivity index (χ3v) is 10.7. The van der Waals surface area contributed by atoms with Crippen LogP contribution in [-0.4, -0.2) is 99.9 Å². The molecule has 0 saturated heterocycles. The Bertz CT molecular complexity index is 2650. The number of aryl methyl sites for hydroxylation is 2. The van der Waals surface area contributed by atoms with Crippen molar-refractivity contribution in [2.45, 2.75) is 106 Å². The lowest BCUT2D eigenvalue weighted by Gasteiger charge is -2.22. The van der Waals surface area contributed by atoms with Gasteiger partial charge in [0.25, 0.3) is 0 Å². The molecule has 19 heteroatoms. The number of nitrogen functional groups attached to an aromatic ring is 1. The highest BCUT2D eigenvalue weighted by molar-refractivity contribution is 6.29. The van der Waals surface area contributed by atoms with Crippen molar-refractivity contribution in [3.63, 3.8) is 0 Å². The Kier molecular flexibility index (Phi) is 16.2. The Balaban J connectivity index is 0.000000187. The molecule has 0 spiro atoms. The number of alkyl carbamates (subject to hydrolysis) is 2. The summed E-state index contributed by atoms with van der Waals surface area (Å²) in [5.41, 5.74) is 14.6. The monoisotopic (exact) mass is 934 g/mol. The van der Waals surface area contributed by atoms with Gasteiger partial charge in [-0.3, -0.25) is 19.2 Å².